The van der Waals surface area contributed by atoms with Crippen molar-refractivity contribution in [2.24, 2.45) is 5.41 Å². The van der Waals surface area contributed by atoms with E-state index in [0.29, 0.717) is 11.7 Å². The van der Waals surface area contributed by atoms with E-state index < -0.39 is 5.97 Å². The molecule has 19 heavy (non-hydrogen) atoms. The van der Waals surface area contributed by atoms with Crippen LogP contribution in [-0.2, 0) is 4.74 Å². The first-order chi connectivity index (χ1) is 9.03. The highest BCUT2D eigenvalue weighted by Gasteiger charge is 2.32. The molecule has 1 atom stereocenters. The largest absolute Gasteiger partial charge is 0.464 e. The fourth-order valence-corrected chi connectivity index (χ4v) is 2.70. The van der Waals surface area contributed by atoms with Crippen molar-refractivity contribution in [1.82, 2.24) is 4.98 Å². The van der Waals surface area contributed by atoms with Crippen molar-refractivity contribution < 1.29 is 9.53 Å². The number of carbonyl (C=O) groups excluding carboxylic acids is 1. The van der Waals surface area contributed by atoms with Gasteiger partial charge in [-0.25, -0.2) is 9.78 Å². The van der Waals surface area contributed by atoms with Crippen LogP contribution in [0.1, 0.15) is 50.0 Å². The van der Waals surface area contributed by atoms with Crippen LogP contribution in [0.4, 0.5) is 5.69 Å². The zero-order valence-electron chi connectivity index (χ0n) is 11.9. The van der Waals surface area contributed by atoms with Crippen molar-refractivity contribution in [2.75, 3.05) is 12.4 Å². The molecule has 0 radical (unpaired) electrons. The molecule has 1 aromatic heterocycles. The molecular formula is C15H22N2O2. The lowest BCUT2D eigenvalue weighted by atomic mass is 9.73. The first-order valence-corrected chi connectivity index (χ1v) is 6.84. The fourth-order valence-electron chi connectivity index (χ4n) is 2.70. The van der Waals surface area contributed by atoms with Gasteiger partial charge in [-0.05, 0) is 30.4 Å². The molecule has 0 aliphatic heterocycles. The van der Waals surface area contributed by atoms with E-state index in [2.05, 4.69) is 24.1 Å². The standard InChI is InChI=1S/C15H22N2O2/c1-15(2)8-5-4-6-13(15)17-11-7-9-16-12(10-11)14(18)19-3/h7,9-10,13H,4-6,8H2,1-3H3,(H,16,17). The predicted octanol–water partition coefficient (Wildman–Crippen LogP) is 3.25. The lowest BCUT2D eigenvalue weighted by Gasteiger charge is -2.39. The second-order valence-corrected chi connectivity index (χ2v) is 5.85. The van der Waals surface area contributed by atoms with Crippen molar-refractivity contribution in [3.05, 3.63) is 24.0 Å². The van der Waals surface area contributed by atoms with Gasteiger partial charge in [-0.2, -0.15) is 0 Å². The molecule has 1 N–H and O–H groups in total. The molecule has 2 rings (SSSR count). The number of hydrogen-bond acceptors (Lipinski definition) is 4. The topological polar surface area (TPSA) is 51.2 Å². The van der Waals surface area contributed by atoms with Gasteiger partial charge in [0.1, 0.15) is 5.69 Å². The molecule has 1 aliphatic rings. The van der Waals surface area contributed by atoms with Crippen molar-refractivity contribution in [1.29, 1.82) is 0 Å². The molecule has 0 spiro atoms. The molecule has 1 unspecified atom stereocenters. The molecule has 4 heteroatoms. The zero-order chi connectivity index (χ0) is 13.9. The molecule has 1 aliphatic carbocycles. The maximum atomic E-state index is 11.5. The Morgan fingerprint density at radius 3 is 2.95 bits per heavy atom. The van der Waals surface area contributed by atoms with Gasteiger partial charge in [0.15, 0.2) is 0 Å². The molecule has 1 fully saturated rings. The van der Waals surface area contributed by atoms with Gasteiger partial charge >= 0.3 is 5.97 Å². The van der Waals surface area contributed by atoms with Crippen molar-refractivity contribution >= 4 is 11.7 Å². The summed E-state index contributed by atoms with van der Waals surface area (Å²) in [6.45, 7) is 4.60. The van der Waals surface area contributed by atoms with Gasteiger partial charge in [-0.3, -0.25) is 0 Å². The summed E-state index contributed by atoms with van der Waals surface area (Å²) in [5.74, 6) is -0.397. The van der Waals surface area contributed by atoms with E-state index in [1.54, 1.807) is 12.3 Å². The summed E-state index contributed by atoms with van der Waals surface area (Å²) in [5.41, 5.74) is 1.57. The SMILES string of the molecule is COC(=O)c1cc(NC2CCCCC2(C)C)ccn1. The summed E-state index contributed by atoms with van der Waals surface area (Å²) in [6.07, 6.45) is 6.61. The first kappa shape index (κ1) is 13.8. The maximum Gasteiger partial charge on any atom is 0.356 e. The number of hydrogen-bond donors (Lipinski definition) is 1. The van der Waals surface area contributed by atoms with Crippen LogP contribution < -0.4 is 5.32 Å². The number of anilines is 1. The van der Waals surface area contributed by atoms with E-state index in [1.807, 2.05) is 6.07 Å². The van der Waals surface area contributed by atoms with Crippen molar-refractivity contribution in [3.8, 4) is 0 Å². The Hall–Kier alpha value is -1.58. The van der Waals surface area contributed by atoms with Crippen LogP contribution >= 0.6 is 0 Å². The average molecular weight is 262 g/mol. The lowest BCUT2D eigenvalue weighted by Crippen LogP contribution is -2.38. The third-order valence-corrected chi connectivity index (χ3v) is 4.00. The second-order valence-electron chi connectivity index (χ2n) is 5.85. The molecule has 1 aromatic rings. The summed E-state index contributed by atoms with van der Waals surface area (Å²) in [6, 6.07) is 4.10. The van der Waals surface area contributed by atoms with Crippen LogP contribution in [-0.4, -0.2) is 24.1 Å². The van der Waals surface area contributed by atoms with Crippen LogP contribution in [0.2, 0.25) is 0 Å². The fraction of sp³-hybridized carbons (Fsp3) is 0.600. The molecule has 0 aromatic carbocycles. The number of methoxy groups -OCH3 is 1. The molecule has 0 amide bonds. The number of nitrogens with zero attached hydrogens (tertiary/aromatic N) is 1. The Kier molecular flexibility index (Phi) is 4.08. The van der Waals surface area contributed by atoms with Crippen LogP contribution in [0.3, 0.4) is 0 Å². The van der Waals surface area contributed by atoms with Gasteiger partial charge in [0.25, 0.3) is 0 Å². The maximum absolute atomic E-state index is 11.5. The summed E-state index contributed by atoms with van der Waals surface area (Å²) >= 11 is 0. The van der Waals surface area contributed by atoms with Gasteiger partial charge in [0, 0.05) is 17.9 Å². The number of pyridine rings is 1. The number of ether oxygens (including phenoxy) is 1. The Labute approximate surface area is 114 Å². The van der Waals surface area contributed by atoms with Gasteiger partial charge in [-0.15, -0.1) is 0 Å². The molecule has 4 nitrogen and oxygen atoms in total. The van der Waals surface area contributed by atoms with Gasteiger partial charge in [0.2, 0.25) is 0 Å². The Bertz CT molecular complexity index is 457. The lowest BCUT2D eigenvalue weighted by molar-refractivity contribution is 0.0594. The van der Waals surface area contributed by atoms with E-state index in [0.717, 1.165) is 5.69 Å². The normalized spacial score (nSPS) is 21.7. The molecule has 104 valence electrons. The minimum absolute atomic E-state index is 0.285. The Balaban J connectivity index is 2.12. The van der Waals surface area contributed by atoms with Gasteiger partial charge < -0.3 is 10.1 Å². The van der Waals surface area contributed by atoms with Crippen LogP contribution in [0.5, 0.6) is 0 Å². The monoisotopic (exact) mass is 262 g/mol. The minimum Gasteiger partial charge on any atom is -0.464 e. The molecule has 0 bridgehead atoms. The number of nitrogens with one attached hydrogen (secondary N) is 1. The van der Waals surface area contributed by atoms with E-state index in [4.69, 9.17) is 4.74 Å². The second kappa shape index (κ2) is 5.59. The van der Waals surface area contributed by atoms with Gasteiger partial charge in [0.05, 0.1) is 7.11 Å². The number of rotatable bonds is 3. The highest BCUT2D eigenvalue weighted by atomic mass is 16.5. The van der Waals surface area contributed by atoms with Crippen LogP contribution in [0.25, 0.3) is 0 Å². The third-order valence-electron chi connectivity index (χ3n) is 4.00. The van der Waals surface area contributed by atoms with E-state index in [-0.39, 0.29) is 5.41 Å². The predicted molar refractivity (Wildman–Crippen MR) is 75.2 cm³/mol. The van der Waals surface area contributed by atoms with E-state index in [1.165, 1.54) is 32.8 Å². The third kappa shape index (κ3) is 3.25. The van der Waals surface area contributed by atoms with E-state index in [9.17, 15) is 4.79 Å². The average Bonchev–Trinajstić information content (AvgIpc) is 2.40. The minimum atomic E-state index is -0.397. The van der Waals surface area contributed by atoms with Gasteiger partial charge in [-0.1, -0.05) is 26.7 Å². The summed E-state index contributed by atoms with van der Waals surface area (Å²) in [7, 11) is 1.37. The zero-order valence-corrected chi connectivity index (χ0v) is 11.9. The number of carbonyl (C=O) groups is 1. The van der Waals surface area contributed by atoms with Crippen LogP contribution in [0, 0.1) is 5.41 Å². The van der Waals surface area contributed by atoms with Crippen molar-refractivity contribution in [3.63, 3.8) is 0 Å². The Morgan fingerprint density at radius 2 is 2.26 bits per heavy atom. The smallest absolute Gasteiger partial charge is 0.356 e. The number of aromatic nitrogens is 1. The van der Waals surface area contributed by atoms with E-state index >= 15 is 0 Å². The quantitative estimate of drug-likeness (QED) is 0.850. The van der Waals surface area contributed by atoms with Crippen LogP contribution in [0.15, 0.2) is 18.3 Å². The summed E-state index contributed by atoms with van der Waals surface area (Å²) < 4.78 is 4.69. The molecular weight excluding hydrogens is 240 g/mol. The summed E-state index contributed by atoms with van der Waals surface area (Å²) in [5, 5.41) is 3.54. The summed E-state index contributed by atoms with van der Waals surface area (Å²) in [4.78, 5) is 15.5. The molecule has 0 saturated heterocycles. The highest BCUT2D eigenvalue weighted by molar-refractivity contribution is 5.88. The number of esters is 1. The molecule has 1 saturated carbocycles. The van der Waals surface area contributed by atoms with Crippen molar-refractivity contribution in [2.45, 2.75) is 45.6 Å². The highest BCUT2D eigenvalue weighted by Crippen LogP contribution is 2.37. The Morgan fingerprint density at radius 1 is 1.47 bits per heavy atom. The molecule has 1 heterocycles. The first-order valence-electron chi connectivity index (χ1n) is 6.84.